The molecule has 0 radical (unpaired) electrons. The highest BCUT2D eigenvalue weighted by Gasteiger charge is 2.35. The van der Waals surface area contributed by atoms with Crippen LogP contribution in [0.5, 0.6) is 0 Å². The Morgan fingerprint density at radius 1 is 1.39 bits per heavy atom. The molecule has 0 saturated heterocycles. The summed E-state index contributed by atoms with van der Waals surface area (Å²) in [5, 5.41) is 11.6. The van der Waals surface area contributed by atoms with Gasteiger partial charge < -0.3 is 10.4 Å². The van der Waals surface area contributed by atoms with Crippen LogP contribution >= 0.6 is 22.6 Å². The van der Waals surface area contributed by atoms with Gasteiger partial charge in [-0.1, -0.05) is 11.6 Å². The number of hydrogen-bond acceptors (Lipinski definition) is 2. The van der Waals surface area contributed by atoms with E-state index in [1.165, 1.54) is 0 Å². The minimum atomic E-state index is -0.773. The SMILES string of the molecule is Cc1ccc(I)c(C(=O)NC2CC(C(=O)O)C2)c1. The number of hydrogen-bond donors (Lipinski definition) is 2. The zero-order chi connectivity index (χ0) is 13.3. The van der Waals surface area contributed by atoms with Crippen LogP contribution < -0.4 is 5.32 Å². The summed E-state index contributed by atoms with van der Waals surface area (Å²) in [5.41, 5.74) is 1.70. The van der Waals surface area contributed by atoms with Crippen LogP contribution in [0.25, 0.3) is 0 Å². The first kappa shape index (κ1) is 13.3. The lowest BCUT2D eigenvalue weighted by Crippen LogP contribution is -2.46. The van der Waals surface area contributed by atoms with E-state index >= 15 is 0 Å². The second kappa shape index (κ2) is 5.26. The molecule has 0 spiro atoms. The standard InChI is InChI=1S/C13H14INO3/c1-7-2-3-11(14)10(4-7)12(16)15-9-5-8(6-9)13(17)18/h2-4,8-9H,5-6H2,1H3,(H,15,16)(H,17,18). The van der Waals surface area contributed by atoms with E-state index < -0.39 is 5.97 Å². The number of carboxylic acid groups (broad SMARTS) is 1. The molecule has 1 fully saturated rings. The lowest BCUT2D eigenvalue weighted by molar-refractivity contribution is -0.145. The van der Waals surface area contributed by atoms with Crippen LogP contribution in [0.4, 0.5) is 0 Å². The number of halogens is 1. The van der Waals surface area contributed by atoms with Crippen molar-refractivity contribution in [2.45, 2.75) is 25.8 Å². The molecule has 0 bridgehead atoms. The first-order valence-electron chi connectivity index (χ1n) is 5.77. The van der Waals surface area contributed by atoms with E-state index in [4.69, 9.17) is 5.11 Å². The Morgan fingerprint density at radius 3 is 2.67 bits per heavy atom. The zero-order valence-electron chi connectivity index (χ0n) is 9.94. The molecule has 0 atom stereocenters. The van der Waals surface area contributed by atoms with Crippen molar-refractivity contribution in [1.82, 2.24) is 5.32 Å². The number of aliphatic carboxylic acids is 1. The smallest absolute Gasteiger partial charge is 0.306 e. The number of benzene rings is 1. The molecule has 0 unspecified atom stereocenters. The molecule has 0 aromatic heterocycles. The molecular weight excluding hydrogens is 345 g/mol. The molecule has 2 N–H and O–H groups in total. The predicted molar refractivity (Wildman–Crippen MR) is 75.5 cm³/mol. The summed E-state index contributed by atoms with van der Waals surface area (Å²) in [6, 6.07) is 5.72. The first-order valence-corrected chi connectivity index (χ1v) is 6.85. The van der Waals surface area contributed by atoms with Crippen molar-refractivity contribution in [1.29, 1.82) is 0 Å². The minimum Gasteiger partial charge on any atom is -0.481 e. The van der Waals surface area contributed by atoms with Crippen molar-refractivity contribution in [3.05, 3.63) is 32.9 Å². The number of amides is 1. The van der Waals surface area contributed by atoms with Crippen LogP contribution in [0.15, 0.2) is 18.2 Å². The fraction of sp³-hybridized carbons (Fsp3) is 0.385. The second-order valence-corrected chi connectivity index (χ2v) is 5.82. The lowest BCUT2D eigenvalue weighted by Gasteiger charge is -2.32. The molecule has 18 heavy (non-hydrogen) atoms. The average molecular weight is 359 g/mol. The van der Waals surface area contributed by atoms with Crippen molar-refractivity contribution in [2.24, 2.45) is 5.92 Å². The van der Waals surface area contributed by atoms with E-state index in [-0.39, 0.29) is 17.9 Å². The predicted octanol–water partition coefficient (Wildman–Crippen LogP) is 2.19. The number of carboxylic acids is 1. The first-order chi connectivity index (χ1) is 8.47. The van der Waals surface area contributed by atoms with E-state index in [2.05, 4.69) is 27.9 Å². The molecule has 1 aromatic rings. The third-order valence-corrected chi connectivity index (χ3v) is 4.13. The summed E-state index contributed by atoms with van der Waals surface area (Å²) >= 11 is 2.13. The number of aryl methyl sites for hydroxylation is 1. The molecule has 5 heteroatoms. The number of carbonyl (C=O) groups excluding carboxylic acids is 1. The van der Waals surface area contributed by atoms with Gasteiger partial charge in [0, 0.05) is 9.61 Å². The largest absolute Gasteiger partial charge is 0.481 e. The van der Waals surface area contributed by atoms with Crippen LogP contribution in [0.2, 0.25) is 0 Å². The maximum Gasteiger partial charge on any atom is 0.306 e. The fourth-order valence-corrected chi connectivity index (χ4v) is 2.59. The fourth-order valence-electron chi connectivity index (χ4n) is 2.01. The average Bonchev–Trinajstić information content (AvgIpc) is 2.25. The van der Waals surface area contributed by atoms with Gasteiger partial charge in [-0.25, -0.2) is 0 Å². The van der Waals surface area contributed by atoms with Gasteiger partial charge >= 0.3 is 5.97 Å². The van der Waals surface area contributed by atoms with Crippen LogP contribution in [-0.2, 0) is 4.79 Å². The van der Waals surface area contributed by atoms with Gasteiger partial charge in [-0.15, -0.1) is 0 Å². The van der Waals surface area contributed by atoms with Crippen molar-refractivity contribution < 1.29 is 14.7 Å². The summed E-state index contributed by atoms with van der Waals surface area (Å²) in [4.78, 5) is 22.7. The minimum absolute atomic E-state index is 0.00471. The molecule has 1 aliphatic rings. The molecule has 1 amide bonds. The van der Waals surface area contributed by atoms with Gasteiger partial charge in [-0.05, 0) is 54.5 Å². The summed E-state index contributed by atoms with van der Waals surface area (Å²) in [7, 11) is 0. The van der Waals surface area contributed by atoms with E-state index in [1.54, 1.807) is 0 Å². The Kier molecular flexibility index (Phi) is 3.89. The van der Waals surface area contributed by atoms with Crippen molar-refractivity contribution in [3.8, 4) is 0 Å². The molecule has 1 saturated carbocycles. The van der Waals surface area contributed by atoms with Crippen molar-refractivity contribution >= 4 is 34.5 Å². The molecule has 4 nitrogen and oxygen atoms in total. The third-order valence-electron chi connectivity index (χ3n) is 3.19. The van der Waals surface area contributed by atoms with Crippen LogP contribution in [0.1, 0.15) is 28.8 Å². The van der Waals surface area contributed by atoms with E-state index in [0.29, 0.717) is 18.4 Å². The van der Waals surface area contributed by atoms with Crippen LogP contribution in [0, 0.1) is 16.4 Å². The van der Waals surface area contributed by atoms with Gasteiger partial charge in [0.05, 0.1) is 11.5 Å². The molecule has 2 rings (SSSR count). The normalized spacial score (nSPS) is 22.1. The van der Waals surface area contributed by atoms with Gasteiger partial charge in [0.15, 0.2) is 0 Å². The highest BCUT2D eigenvalue weighted by Crippen LogP contribution is 2.28. The number of nitrogens with one attached hydrogen (secondary N) is 1. The second-order valence-electron chi connectivity index (χ2n) is 4.66. The molecule has 1 aliphatic carbocycles. The Balaban J connectivity index is 1.97. The zero-order valence-corrected chi connectivity index (χ0v) is 12.1. The van der Waals surface area contributed by atoms with E-state index in [9.17, 15) is 9.59 Å². The summed E-state index contributed by atoms with van der Waals surface area (Å²) in [6.45, 7) is 1.94. The Labute approximate surface area is 119 Å². The highest BCUT2D eigenvalue weighted by atomic mass is 127. The maximum atomic E-state index is 12.0. The summed E-state index contributed by atoms with van der Waals surface area (Å²) in [6.07, 6.45) is 1.06. The molecule has 96 valence electrons. The quantitative estimate of drug-likeness (QED) is 0.814. The van der Waals surface area contributed by atoms with Gasteiger partial charge in [-0.2, -0.15) is 0 Å². The van der Waals surface area contributed by atoms with E-state index in [1.807, 2.05) is 25.1 Å². The molecule has 1 aromatic carbocycles. The van der Waals surface area contributed by atoms with Gasteiger partial charge in [-0.3, -0.25) is 9.59 Å². The molecule has 0 aliphatic heterocycles. The van der Waals surface area contributed by atoms with Gasteiger partial charge in [0.1, 0.15) is 0 Å². The van der Waals surface area contributed by atoms with E-state index in [0.717, 1.165) is 9.13 Å². The number of rotatable bonds is 3. The van der Waals surface area contributed by atoms with Crippen molar-refractivity contribution in [2.75, 3.05) is 0 Å². The molecular formula is C13H14INO3. The Hall–Kier alpha value is -1.11. The summed E-state index contributed by atoms with van der Waals surface area (Å²) in [5.74, 6) is -1.19. The molecule has 0 heterocycles. The number of carbonyl (C=O) groups is 2. The van der Waals surface area contributed by atoms with Gasteiger partial charge in [0.2, 0.25) is 0 Å². The topological polar surface area (TPSA) is 66.4 Å². The van der Waals surface area contributed by atoms with Gasteiger partial charge in [0.25, 0.3) is 5.91 Å². The lowest BCUT2D eigenvalue weighted by atomic mass is 9.80. The maximum absolute atomic E-state index is 12.0. The summed E-state index contributed by atoms with van der Waals surface area (Å²) < 4.78 is 0.907. The van der Waals surface area contributed by atoms with Crippen molar-refractivity contribution in [3.63, 3.8) is 0 Å². The third kappa shape index (κ3) is 2.82. The Bertz CT molecular complexity index is 495. The Morgan fingerprint density at radius 2 is 2.06 bits per heavy atom. The monoisotopic (exact) mass is 359 g/mol. The highest BCUT2D eigenvalue weighted by molar-refractivity contribution is 14.1. The van der Waals surface area contributed by atoms with Crippen LogP contribution in [-0.4, -0.2) is 23.0 Å². The van der Waals surface area contributed by atoms with Crippen LogP contribution in [0.3, 0.4) is 0 Å².